The monoisotopic (exact) mass is 429 g/mol. The zero-order valence-corrected chi connectivity index (χ0v) is 18.1. The van der Waals surface area contributed by atoms with Crippen molar-refractivity contribution in [1.82, 2.24) is 9.55 Å². The molecular formula is C26H27N3O3. The van der Waals surface area contributed by atoms with E-state index in [-0.39, 0.29) is 11.6 Å². The van der Waals surface area contributed by atoms with Crippen molar-refractivity contribution in [3.8, 4) is 11.6 Å². The Kier molecular flexibility index (Phi) is 6.40. The van der Waals surface area contributed by atoms with Crippen LogP contribution in [0.5, 0.6) is 11.6 Å². The Morgan fingerprint density at radius 2 is 1.69 bits per heavy atom. The van der Waals surface area contributed by atoms with Gasteiger partial charge >= 0.3 is 0 Å². The Labute approximate surface area is 187 Å². The minimum atomic E-state index is 0.110. The molecule has 164 valence electrons. The Balaban J connectivity index is 1.65. The summed E-state index contributed by atoms with van der Waals surface area (Å²) in [5.41, 5.74) is 4.58. The normalized spacial score (nSPS) is 14.2. The Morgan fingerprint density at radius 3 is 2.38 bits per heavy atom. The Bertz CT molecular complexity index is 1170. The van der Waals surface area contributed by atoms with Gasteiger partial charge in [0, 0.05) is 26.3 Å². The molecular weight excluding hydrogens is 402 g/mol. The number of imidazole rings is 1. The summed E-state index contributed by atoms with van der Waals surface area (Å²) < 4.78 is 1.68. The number of phenols is 1. The highest BCUT2D eigenvalue weighted by Gasteiger charge is 2.19. The molecule has 1 heterocycles. The molecule has 1 aliphatic rings. The van der Waals surface area contributed by atoms with Gasteiger partial charge in [0.1, 0.15) is 11.4 Å². The number of nitrogens with zero attached hydrogens (tertiary/aromatic N) is 3. The van der Waals surface area contributed by atoms with Crippen LogP contribution in [0.15, 0.2) is 83.1 Å². The summed E-state index contributed by atoms with van der Waals surface area (Å²) in [5.74, 6) is 1.35. The lowest BCUT2D eigenvalue weighted by Crippen LogP contribution is -2.13. The fourth-order valence-corrected chi connectivity index (χ4v) is 3.72. The molecule has 4 rings (SSSR count). The highest BCUT2D eigenvalue weighted by atomic mass is 16.3. The van der Waals surface area contributed by atoms with Gasteiger partial charge in [0.2, 0.25) is 5.88 Å². The maximum atomic E-state index is 10.7. The van der Waals surface area contributed by atoms with Gasteiger partial charge in [0.25, 0.3) is 0 Å². The smallest absolute Gasteiger partial charge is 0.215 e. The van der Waals surface area contributed by atoms with Crippen molar-refractivity contribution < 1.29 is 15.3 Å². The Morgan fingerprint density at radius 1 is 0.938 bits per heavy atom. The fourth-order valence-electron chi connectivity index (χ4n) is 3.72. The van der Waals surface area contributed by atoms with Gasteiger partial charge in [-0.25, -0.2) is 4.98 Å². The zero-order valence-electron chi connectivity index (χ0n) is 18.1. The van der Waals surface area contributed by atoms with Crippen LogP contribution in [0, 0.1) is 0 Å². The number of hydrogen-bond acceptors (Lipinski definition) is 5. The third kappa shape index (κ3) is 5.09. The van der Waals surface area contributed by atoms with E-state index in [2.05, 4.69) is 12.1 Å². The van der Waals surface area contributed by atoms with Crippen LogP contribution in [0.4, 0.5) is 0 Å². The number of rotatable bonds is 7. The van der Waals surface area contributed by atoms with E-state index in [1.54, 1.807) is 29.8 Å². The van der Waals surface area contributed by atoms with Crippen LogP contribution in [-0.4, -0.2) is 37.1 Å². The van der Waals surface area contributed by atoms with E-state index >= 15 is 0 Å². The molecule has 0 aliphatic heterocycles. The predicted octanol–water partition coefficient (Wildman–Crippen LogP) is 4.62. The lowest BCUT2D eigenvalue weighted by molar-refractivity contribution is 0.385. The van der Waals surface area contributed by atoms with Crippen LogP contribution in [0.1, 0.15) is 35.5 Å². The summed E-state index contributed by atoms with van der Waals surface area (Å²) >= 11 is 0. The predicted molar refractivity (Wildman–Crippen MR) is 125 cm³/mol. The molecule has 0 atom stereocenters. The van der Waals surface area contributed by atoms with Crippen molar-refractivity contribution in [2.24, 2.45) is 12.0 Å². The molecule has 3 aromatic rings. The average Bonchev–Trinajstić information content (AvgIpc) is 3.08. The number of benzene rings is 2. The highest BCUT2D eigenvalue weighted by Crippen LogP contribution is 2.24. The van der Waals surface area contributed by atoms with Crippen molar-refractivity contribution in [2.75, 3.05) is 6.54 Å². The molecule has 0 bridgehead atoms. The van der Waals surface area contributed by atoms with Crippen LogP contribution in [0.25, 0.3) is 0 Å². The summed E-state index contributed by atoms with van der Waals surface area (Å²) in [5, 5.41) is 29.9. The van der Waals surface area contributed by atoms with Crippen LogP contribution >= 0.6 is 0 Å². The van der Waals surface area contributed by atoms with Gasteiger partial charge in [-0.1, -0.05) is 48.5 Å². The van der Waals surface area contributed by atoms with Crippen LogP contribution in [-0.2, 0) is 19.9 Å². The number of aromatic nitrogens is 2. The largest absolute Gasteiger partial charge is 0.512 e. The topological polar surface area (TPSA) is 90.9 Å². The van der Waals surface area contributed by atoms with Gasteiger partial charge in [-0.15, -0.1) is 0 Å². The second-order valence-corrected chi connectivity index (χ2v) is 8.02. The van der Waals surface area contributed by atoms with E-state index < -0.39 is 0 Å². The first-order valence-corrected chi connectivity index (χ1v) is 10.7. The van der Waals surface area contributed by atoms with E-state index in [1.807, 2.05) is 36.4 Å². The van der Waals surface area contributed by atoms with E-state index in [0.29, 0.717) is 43.1 Å². The first-order valence-electron chi connectivity index (χ1n) is 10.7. The molecule has 0 amide bonds. The average molecular weight is 430 g/mol. The van der Waals surface area contributed by atoms with Crippen LogP contribution in [0.2, 0.25) is 0 Å². The van der Waals surface area contributed by atoms with Crippen molar-refractivity contribution in [2.45, 2.75) is 25.7 Å². The van der Waals surface area contributed by atoms with Crippen LogP contribution in [0.3, 0.4) is 0 Å². The maximum absolute atomic E-state index is 10.7. The zero-order chi connectivity index (χ0) is 22.5. The number of hydrogen-bond donors (Lipinski definition) is 3. The molecule has 1 aliphatic carbocycles. The van der Waals surface area contributed by atoms with E-state index in [1.165, 1.54) is 0 Å². The lowest BCUT2D eigenvalue weighted by atomic mass is 10.0. The quantitative estimate of drug-likeness (QED) is 0.478. The summed E-state index contributed by atoms with van der Waals surface area (Å²) in [6, 6.07) is 17.0. The SMILES string of the molecule is Cn1c(C(Cc2ccccc2)=NCC2=CC=C(O)CC2)nc(Cc2ccc(O)cc2)c1O. The first-order chi connectivity index (χ1) is 15.5. The van der Waals surface area contributed by atoms with Crippen LogP contribution < -0.4 is 0 Å². The summed E-state index contributed by atoms with van der Waals surface area (Å²) in [7, 11) is 1.79. The first kappa shape index (κ1) is 21.4. The molecule has 3 N–H and O–H groups in total. The van der Waals surface area contributed by atoms with Gasteiger partial charge in [-0.05, 0) is 41.3 Å². The third-order valence-electron chi connectivity index (χ3n) is 5.60. The summed E-state index contributed by atoms with van der Waals surface area (Å²) in [6.07, 6.45) is 6.12. The Hall–Kier alpha value is -3.80. The molecule has 32 heavy (non-hydrogen) atoms. The second-order valence-electron chi connectivity index (χ2n) is 8.02. The minimum Gasteiger partial charge on any atom is -0.512 e. The number of aromatic hydroxyl groups is 2. The van der Waals surface area contributed by atoms with Gasteiger partial charge in [-0.2, -0.15) is 0 Å². The molecule has 6 nitrogen and oxygen atoms in total. The summed E-state index contributed by atoms with van der Waals surface area (Å²) in [4.78, 5) is 9.63. The van der Waals surface area contributed by atoms with Crippen molar-refractivity contribution in [3.05, 3.63) is 101 Å². The maximum Gasteiger partial charge on any atom is 0.215 e. The number of phenolic OH excluding ortho intramolecular Hbond substituents is 1. The highest BCUT2D eigenvalue weighted by molar-refractivity contribution is 5.99. The van der Waals surface area contributed by atoms with E-state index in [0.717, 1.165) is 28.8 Å². The van der Waals surface area contributed by atoms with E-state index in [4.69, 9.17) is 9.98 Å². The van der Waals surface area contributed by atoms with Crippen molar-refractivity contribution >= 4 is 5.71 Å². The standard InChI is InChI=1S/C26H27N3O3/c1-29-25(28-24(26(29)32)16-19-7-11-21(30)12-8-19)23(15-18-5-3-2-4-6-18)27-17-20-9-13-22(31)14-10-20/h2-9,11-13,30-32H,10,14-17H2,1H3. The fraction of sp³-hybridized carbons (Fsp3) is 0.231. The van der Waals surface area contributed by atoms with Gasteiger partial charge in [0.15, 0.2) is 5.82 Å². The van der Waals surface area contributed by atoms with E-state index in [9.17, 15) is 15.3 Å². The molecule has 1 aromatic heterocycles. The van der Waals surface area contributed by atoms with Crippen molar-refractivity contribution in [3.63, 3.8) is 0 Å². The summed E-state index contributed by atoms with van der Waals surface area (Å²) in [6.45, 7) is 0.521. The van der Waals surface area contributed by atoms with Gasteiger partial charge in [0.05, 0.1) is 18.0 Å². The molecule has 0 fully saturated rings. The lowest BCUT2D eigenvalue weighted by Gasteiger charge is -2.11. The molecule has 0 spiro atoms. The molecule has 0 radical (unpaired) electrons. The minimum absolute atomic E-state index is 0.110. The number of aliphatic imine (C=N–C) groups is 1. The van der Waals surface area contributed by atoms with Crippen molar-refractivity contribution in [1.29, 1.82) is 0 Å². The third-order valence-corrected chi connectivity index (χ3v) is 5.60. The van der Waals surface area contributed by atoms with Gasteiger partial charge < -0.3 is 15.3 Å². The number of aliphatic hydroxyl groups is 1. The number of aliphatic hydroxyl groups excluding tert-OH is 1. The number of allylic oxidation sites excluding steroid dienone is 3. The molecule has 0 saturated heterocycles. The molecule has 0 unspecified atom stereocenters. The second kappa shape index (κ2) is 9.56. The molecule has 2 aromatic carbocycles. The molecule has 0 saturated carbocycles. The van der Waals surface area contributed by atoms with Gasteiger partial charge in [-0.3, -0.25) is 9.56 Å². The molecule has 6 heteroatoms.